The number of halogens is 1. The minimum atomic E-state index is -0.509. The SMILES string of the molecule is Cn1ccc2ccc(NCC(O)CCl)cc21. The van der Waals surface area contributed by atoms with Gasteiger partial charge in [-0.2, -0.15) is 0 Å². The highest BCUT2D eigenvalue weighted by Crippen LogP contribution is 2.19. The fourth-order valence-corrected chi connectivity index (χ4v) is 1.77. The molecule has 0 bridgehead atoms. The fourth-order valence-electron chi connectivity index (χ4n) is 1.66. The third-order valence-corrected chi connectivity index (χ3v) is 2.96. The number of fused-ring (bicyclic) bond motifs is 1. The second-order valence-corrected chi connectivity index (χ2v) is 4.20. The number of alkyl halides is 1. The molecule has 4 heteroatoms. The zero-order valence-corrected chi connectivity index (χ0v) is 9.91. The lowest BCUT2D eigenvalue weighted by atomic mass is 10.2. The van der Waals surface area contributed by atoms with E-state index in [9.17, 15) is 5.11 Å². The molecule has 0 saturated heterocycles. The Kier molecular flexibility index (Phi) is 3.36. The van der Waals surface area contributed by atoms with Gasteiger partial charge < -0.3 is 15.0 Å². The molecule has 0 aliphatic heterocycles. The molecule has 2 aromatic rings. The second kappa shape index (κ2) is 4.76. The number of nitrogens with one attached hydrogen (secondary N) is 1. The highest BCUT2D eigenvalue weighted by molar-refractivity contribution is 6.18. The van der Waals surface area contributed by atoms with E-state index in [-0.39, 0.29) is 5.88 Å². The van der Waals surface area contributed by atoms with Crippen LogP contribution in [0.2, 0.25) is 0 Å². The molecule has 0 aliphatic carbocycles. The summed E-state index contributed by atoms with van der Waals surface area (Å²) in [7, 11) is 2.01. The molecule has 2 N–H and O–H groups in total. The van der Waals surface area contributed by atoms with Crippen molar-refractivity contribution in [2.45, 2.75) is 6.10 Å². The first kappa shape index (κ1) is 11.3. The van der Waals surface area contributed by atoms with Gasteiger partial charge in [-0.25, -0.2) is 0 Å². The Morgan fingerprint density at radius 2 is 2.25 bits per heavy atom. The van der Waals surface area contributed by atoms with Crippen LogP contribution in [-0.2, 0) is 7.05 Å². The summed E-state index contributed by atoms with van der Waals surface area (Å²) in [5.74, 6) is 0.249. The van der Waals surface area contributed by atoms with Crippen LogP contribution in [0.4, 0.5) is 5.69 Å². The lowest BCUT2D eigenvalue weighted by Crippen LogP contribution is -2.20. The van der Waals surface area contributed by atoms with Crippen LogP contribution >= 0.6 is 11.6 Å². The maximum Gasteiger partial charge on any atom is 0.0847 e. The van der Waals surface area contributed by atoms with Crippen molar-refractivity contribution in [1.29, 1.82) is 0 Å². The lowest BCUT2D eigenvalue weighted by molar-refractivity contribution is 0.211. The quantitative estimate of drug-likeness (QED) is 0.802. The minimum absolute atomic E-state index is 0.249. The van der Waals surface area contributed by atoms with Crippen LogP contribution in [0.1, 0.15) is 0 Å². The summed E-state index contributed by atoms with van der Waals surface area (Å²) in [5.41, 5.74) is 2.17. The van der Waals surface area contributed by atoms with Crippen molar-refractivity contribution in [3.8, 4) is 0 Å². The summed E-state index contributed by atoms with van der Waals surface area (Å²) in [6.45, 7) is 0.472. The molecule has 2 rings (SSSR count). The summed E-state index contributed by atoms with van der Waals surface area (Å²) in [4.78, 5) is 0. The molecule has 3 nitrogen and oxygen atoms in total. The zero-order chi connectivity index (χ0) is 11.5. The van der Waals surface area contributed by atoms with Gasteiger partial charge in [0.2, 0.25) is 0 Å². The van der Waals surface area contributed by atoms with Crippen LogP contribution in [0.5, 0.6) is 0 Å². The summed E-state index contributed by atoms with van der Waals surface area (Å²) in [5, 5.41) is 13.7. The molecule has 1 unspecified atom stereocenters. The molecular weight excluding hydrogens is 224 g/mol. The number of rotatable bonds is 4. The van der Waals surface area contributed by atoms with E-state index < -0.39 is 6.10 Å². The number of aliphatic hydroxyl groups excluding tert-OH is 1. The van der Waals surface area contributed by atoms with E-state index in [0.29, 0.717) is 6.54 Å². The Morgan fingerprint density at radius 3 is 3.00 bits per heavy atom. The number of nitrogens with zero attached hydrogens (tertiary/aromatic N) is 1. The van der Waals surface area contributed by atoms with Crippen LogP contribution in [0.3, 0.4) is 0 Å². The number of anilines is 1. The number of hydrogen-bond acceptors (Lipinski definition) is 2. The maximum atomic E-state index is 9.35. The van der Waals surface area contributed by atoms with Gasteiger partial charge in [0.25, 0.3) is 0 Å². The zero-order valence-electron chi connectivity index (χ0n) is 9.15. The highest BCUT2D eigenvalue weighted by Gasteiger charge is 2.03. The number of hydrogen-bond donors (Lipinski definition) is 2. The molecule has 16 heavy (non-hydrogen) atoms. The van der Waals surface area contributed by atoms with Crippen LogP contribution in [0.15, 0.2) is 30.5 Å². The van der Waals surface area contributed by atoms with Gasteiger partial charge in [0.15, 0.2) is 0 Å². The average Bonchev–Trinajstić information content (AvgIpc) is 2.68. The van der Waals surface area contributed by atoms with Gasteiger partial charge in [-0.3, -0.25) is 0 Å². The topological polar surface area (TPSA) is 37.2 Å². The van der Waals surface area contributed by atoms with Gasteiger partial charge >= 0.3 is 0 Å². The Labute approximate surface area is 99.6 Å². The van der Waals surface area contributed by atoms with E-state index in [4.69, 9.17) is 11.6 Å². The van der Waals surface area contributed by atoms with Crippen LogP contribution in [0, 0.1) is 0 Å². The third-order valence-electron chi connectivity index (χ3n) is 2.61. The minimum Gasteiger partial charge on any atom is -0.390 e. The van der Waals surface area contributed by atoms with Crippen molar-refractivity contribution in [2.75, 3.05) is 17.7 Å². The molecule has 1 heterocycles. The molecule has 0 aliphatic rings. The number of aryl methyl sites for hydroxylation is 1. The van der Waals surface area contributed by atoms with Gasteiger partial charge in [0, 0.05) is 31.0 Å². The molecule has 1 aromatic heterocycles. The number of aliphatic hydroxyl groups is 1. The molecule has 0 saturated carbocycles. The van der Waals surface area contributed by atoms with Gasteiger partial charge in [-0.05, 0) is 23.6 Å². The standard InChI is InChI=1S/C12H15ClN2O/c1-15-5-4-9-2-3-10(6-12(9)15)14-8-11(16)7-13/h2-6,11,14,16H,7-8H2,1H3. The normalized spacial score (nSPS) is 12.9. The van der Waals surface area contributed by atoms with E-state index in [1.54, 1.807) is 0 Å². The van der Waals surface area contributed by atoms with E-state index in [1.165, 1.54) is 10.9 Å². The van der Waals surface area contributed by atoms with Crippen molar-refractivity contribution in [3.05, 3.63) is 30.5 Å². The van der Waals surface area contributed by atoms with Crippen molar-refractivity contribution in [1.82, 2.24) is 4.57 Å². The maximum absolute atomic E-state index is 9.35. The first-order valence-electron chi connectivity index (χ1n) is 5.23. The van der Waals surface area contributed by atoms with Crippen LogP contribution in [0.25, 0.3) is 10.9 Å². The predicted molar refractivity (Wildman–Crippen MR) is 68.1 cm³/mol. The average molecular weight is 239 g/mol. The van der Waals surface area contributed by atoms with Crippen LogP contribution in [-0.4, -0.2) is 28.2 Å². The summed E-state index contributed by atoms with van der Waals surface area (Å²) >= 11 is 5.53. The van der Waals surface area contributed by atoms with E-state index in [2.05, 4.69) is 28.1 Å². The van der Waals surface area contributed by atoms with Crippen molar-refractivity contribution in [2.24, 2.45) is 7.05 Å². The Bertz CT molecular complexity index is 481. The molecule has 1 aromatic carbocycles. The van der Waals surface area contributed by atoms with Gasteiger partial charge in [-0.15, -0.1) is 11.6 Å². The van der Waals surface area contributed by atoms with Gasteiger partial charge in [0.05, 0.1) is 12.0 Å². The van der Waals surface area contributed by atoms with Gasteiger partial charge in [-0.1, -0.05) is 6.07 Å². The molecular formula is C12H15ClN2O. The monoisotopic (exact) mass is 238 g/mol. The molecule has 0 radical (unpaired) electrons. The number of benzene rings is 1. The smallest absolute Gasteiger partial charge is 0.0847 e. The van der Waals surface area contributed by atoms with Crippen molar-refractivity contribution in [3.63, 3.8) is 0 Å². The largest absolute Gasteiger partial charge is 0.390 e. The fraction of sp³-hybridized carbons (Fsp3) is 0.333. The molecule has 0 fully saturated rings. The van der Waals surface area contributed by atoms with E-state index >= 15 is 0 Å². The summed E-state index contributed by atoms with van der Waals surface area (Å²) in [6.07, 6.45) is 1.52. The Morgan fingerprint density at radius 1 is 1.44 bits per heavy atom. The molecule has 0 amide bonds. The summed E-state index contributed by atoms with van der Waals surface area (Å²) in [6, 6.07) is 8.21. The molecule has 1 atom stereocenters. The number of aromatic nitrogens is 1. The first-order chi connectivity index (χ1) is 7.70. The van der Waals surface area contributed by atoms with Crippen molar-refractivity contribution >= 4 is 28.2 Å². The Hall–Kier alpha value is -1.19. The first-order valence-corrected chi connectivity index (χ1v) is 5.77. The van der Waals surface area contributed by atoms with Crippen LogP contribution < -0.4 is 5.32 Å². The molecule has 86 valence electrons. The van der Waals surface area contributed by atoms with E-state index in [0.717, 1.165) is 5.69 Å². The highest BCUT2D eigenvalue weighted by atomic mass is 35.5. The lowest BCUT2D eigenvalue weighted by Gasteiger charge is -2.10. The third kappa shape index (κ3) is 2.31. The second-order valence-electron chi connectivity index (χ2n) is 3.89. The summed E-state index contributed by atoms with van der Waals surface area (Å²) < 4.78 is 2.07. The predicted octanol–water partition coefficient (Wildman–Crippen LogP) is 2.19. The van der Waals surface area contributed by atoms with Gasteiger partial charge in [0.1, 0.15) is 0 Å². The molecule has 0 spiro atoms. The van der Waals surface area contributed by atoms with Crippen molar-refractivity contribution < 1.29 is 5.11 Å². The Balaban J connectivity index is 2.15. The van der Waals surface area contributed by atoms with E-state index in [1.807, 2.05) is 19.3 Å².